The Kier molecular flexibility index (Phi) is 7.62. The Balaban J connectivity index is 0.962. The van der Waals surface area contributed by atoms with Gasteiger partial charge in [-0.25, -0.2) is 0 Å². The van der Waals surface area contributed by atoms with Gasteiger partial charge in [-0.1, -0.05) is 121 Å². The maximum atomic E-state index is 6.13. The fourth-order valence-corrected chi connectivity index (χ4v) is 11.0. The van der Waals surface area contributed by atoms with Crippen LogP contribution in [-0.4, -0.2) is 0 Å². The Hall–Kier alpha value is -6.98. The summed E-state index contributed by atoms with van der Waals surface area (Å²) in [6, 6.07) is 72.8. The second kappa shape index (κ2) is 13.3. The predicted molar refractivity (Wildman–Crippen MR) is 250 cm³/mol. The van der Waals surface area contributed by atoms with Gasteiger partial charge in [-0.15, -0.1) is 22.7 Å². The summed E-state index contributed by atoms with van der Waals surface area (Å²) >= 11 is 3.73. The van der Waals surface area contributed by atoms with Crippen molar-refractivity contribution in [2.75, 3.05) is 4.90 Å². The number of nitrogens with zero attached hydrogens (tertiary/aromatic N) is 1. The van der Waals surface area contributed by atoms with Crippen LogP contribution in [0.4, 0.5) is 17.1 Å². The lowest BCUT2D eigenvalue weighted by molar-refractivity contribution is 0.669. The van der Waals surface area contributed by atoms with Crippen molar-refractivity contribution in [2.24, 2.45) is 0 Å². The highest BCUT2D eigenvalue weighted by Crippen LogP contribution is 2.43. The smallest absolute Gasteiger partial charge is 0.135 e. The van der Waals surface area contributed by atoms with Crippen molar-refractivity contribution in [1.82, 2.24) is 0 Å². The van der Waals surface area contributed by atoms with Gasteiger partial charge in [0.15, 0.2) is 0 Å². The van der Waals surface area contributed by atoms with Crippen LogP contribution in [-0.2, 0) is 0 Å². The molecule has 272 valence electrons. The quantitative estimate of drug-likeness (QED) is 0.167. The molecule has 0 unspecified atom stereocenters. The minimum Gasteiger partial charge on any atom is -0.456 e. The minimum absolute atomic E-state index is 0.908. The molecule has 0 N–H and O–H groups in total. The Bertz CT molecular complexity index is 3520. The minimum atomic E-state index is 0.908. The molecule has 0 atom stereocenters. The molecule has 4 heteroatoms. The lowest BCUT2D eigenvalue weighted by atomic mass is 10.00. The number of para-hydroxylation sites is 1. The van der Waals surface area contributed by atoms with E-state index in [0.717, 1.165) is 50.1 Å². The maximum Gasteiger partial charge on any atom is 0.135 e. The van der Waals surface area contributed by atoms with Crippen LogP contribution in [0.25, 0.3) is 95.7 Å². The van der Waals surface area contributed by atoms with Gasteiger partial charge in [0.25, 0.3) is 0 Å². The lowest BCUT2D eigenvalue weighted by Crippen LogP contribution is -2.10. The average molecular weight is 776 g/mol. The standard InChI is InChI=1S/C54H33NOS2/c1-4-16-49-43(11-1)47-32-37(23-29-50(47)56-49)34-19-25-39(26-20-34)55(40-27-21-35(22-28-40)42-14-8-15-46-44-12-2-6-18-52(44)58-54(42)46)41-10-7-9-36(31-41)38-24-30-53-48(33-38)45-13-3-5-17-51(45)57-53/h1-33H. The number of benzene rings is 9. The summed E-state index contributed by atoms with van der Waals surface area (Å²) in [5, 5.41) is 7.53. The van der Waals surface area contributed by atoms with E-state index in [1.54, 1.807) is 0 Å². The van der Waals surface area contributed by atoms with Crippen molar-refractivity contribution in [3.8, 4) is 33.4 Å². The molecular formula is C54H33NOS2. The van der Waals surface area contributed by atoms with Gasteiger partial charge in [0.2, 0.25) is 0 Å². The van der Waals surface area contributed by atoms with E-state index in [0.29, 0.717) is 0 Å². The predicted octanol–water partition coefficient (Wildman–Crippen LogP) is 16.8. The summed E-state index contributed by atoms with van der Waals surface area (Å²) in [5.74, 6) is 0. The summed E-state index contributed by atoms with van der Waals surface area (Å²) in [6.45, 7) is 0. The fourth-order valence-electron chi connectivity index (χ4n) is 8.65. The third-order valence-electron chi connectivity index (χ3n) is 11.5. The first-order valence-corrected chi connectivity index (χ1v) is 21.2. The number of rotatable bonds is 6. The zero-order chi connectivity index (χ0) is 38.2. The SMILES string of the molecule is c1cc(-c2ccc3sc4ccccc4c3c2)cc(N(c2ccc(-c3ccc4oc5ccccc5c4c3)cc2)c2ccc(-c3cccc4c3sc3ccccc34)cc2)c1. The number of fused-ring (bicyclic) bond motifs is 9. The second-order valence-corrected chi connectivity index (χ2v) is 17.0. The number of hydrogen-bond donors (Lipinski definition) is 0. The molecule has 0 amide bonds. The molecule has 0 aliphatic rings. The van der Waals surface area contributed by atoms with Crippen molar-refractivity contribution in [2.45, 2.75) is 0 Å². The van der Waals surface area contributed by atoms with Crippen LogP contribution >= 0.6 is 22.7 Å². The van der Waals surface area contributed by atoms with Crippen LogP contribution in [0.3, 0.4) is 0 Å². The van der Waals surface area contributed by atoms with E-state index < -0.39 is 0 Å². The number of hydrogen-bond acceptors (Lipinski definition) is 4. The molecule has 0 saturated carbocycles. The molecule has 9 aromatic carbocycles. The van der Waals surface area contributed by atoms with Crippen molar-refractivity contribution in [3.63, 3.8) is 0 Å². The fraction of sp³-hybridized carbons (Fsp3) is 0. The molecule has 3 aromatic heterocycles. The second-order valence-electron chi connectivity index (χ2n) is 14.9. The first-order chi connectivity index (χ1) is 28.7. The highest BCUT2D eigenvalue weighted by Gasteiger charge is 2.17. The number of anilines is 3. The van der Waals surface area contributed by atoms with E-state index in [4.69, 9.17) is 4.42 Å². The largest absolute Gasteiger partial charge is 0.456 e. The van der Waals surface area contributed by atoms with Crippen LogP contribution in [0.1, 0.15) is 0 Å². The topological polar surface area (TPSA) is 16.4 Å². The molecule has 0 saturated heterocycles. The van der Waals surface area contributed by atoms with E-state index in [1.165, 1.54) is 62.6 Å². The zero-order valence-electron chi connectivity index (χ0n) is 31.2. The first kappa shape index (κ1) is 33.2. The van der Waals surface area contributed by atoms with Gasteiger partial charge in [0, 0.05) is 68.2 Å². The lowest BCUT2D eigenvalue weighted by Gasteiger charge is -2.26. The summed E-state index contributed by atoms with van der Waals surface area (Å²) in [5.41, 5.74) is 12.3. The highest BCUT2D eigenvalue weighted by atomic mass is 32.1. The molecule has 0 aliphatic heterocycles. The zero-order valence-corrected chi connectivity index (χ0v) is 32.9. The van der Waals surface area contributed by atoms with Gasteiger partial charge in [0.1, 0.15) is 11.2 Å². The monoisotopic (exact) mass is 775 g/mol. The Labute approximate surface area is 343 Å². The van der Waals surface area contributed by atoms with Gasteiger partial charge in [-0.05, 0) is 112 Å². The molecule has 0 fully saturated rings. The van der Waals surface area contributed by atoms with E-state index in [-0.39, 0.29) is 0 Å². The van der Waals surface area contributed by atoms with Gasteiger partial charge in [-0.2, -0.15) is 0 Å². The van der Waals surface area contributed by atoms with Gasteiger partial charge >= 0.3 is 0 Å². The summed E-state index contributed by atoms with van der Waals surface area (Å²) in [6.07, 6.45) is 0. The van der Waals surface area contributed by atoms with Gasteiger partial charge in [0.05, 0.1) is 0 Å². The van der Waals surface area contributed by atoms with Crippen LogP contribution < -0.4 is 4.90 Å². The van der Waals surface area contributed by atoms with Crippen LogP contribution in [0.15, 0.2) is 205 Å². The molecule has 58 heavy (non-hydrogen) atoms. The molecule has 12 rings (SSSR count). The maximum absolute atomic E-state index is 6.13. The molecule has 0 aliphatic carbocycles. The Morgan fingerprint density at radius 3 is 1.67 bits per heavy atom. The number of furan rings is 1. The van der Waals surface area contributed by atoms with Crippen molar-refractivity contribution >= 4 is 102 Å². The average Bonchev–Trinajstić information content (AvgIpc) is 3.98. The summed E-state index contributed by atoms with van der Waals surface area (Å²) < 4.78 is 11.4. The Morgan fingerprint density at radius 2 is 0.862 bits per heavy atom. The van der Waals surface area contributed by atoms with Crippen molar-refractivity contribution in [3.05, 3.63) is 200 Å². The number of thiophene rings is 2. The third kappa shape index (κ3) is 5.45. The van der Waals surface area contributed by atoms with E-state index in [9.17, 15) is 0 Å². The third-order valence-corrected chi connectivity index (χ3v) is 13.9. The van der Waals surface area contributed by atoms with E-state index in [2.05, 4.69) is 193 Å². The van der Waals surface area contributed by atoms with Gasteiger partial charge in [-0.3, -0.25) is 0 Å². The molecular weight excluding hydrogens is 743 g/mol. The van der Waals surface area contributed by atoms with Crippen LogP contribution in [0, 0.1) is 0 Å². The van der Waals surface area contributed by atoms with Gasteiger partial charge < -0.3 is 9.32 Å². The van der Waals surface area contributed by atoms with E-state index >= 15 is 0 Å². The molecule has 0 bridgehead atoms. The summed E-state index contributed by atoms with van der Waals surface area (Å²) in [7, 11) is 0. The van der Waals surface area contributed by atoms with Crippen molar-refractivity contribution in [1.29, 1.82) is 0 Å². The summed E-state index contributed by atoms with van der Waals surface area (Å²) in [4.78, 5) is 2.38. The first-order valence-electron chi connectivity index (χ1n) is 19.6. The molecule has 0 spiro atoms. The molecule has 12 aromatic rings. The highest BCUT2D eigenvalue weighted by molar-refractivity contribution is 7.26. The van der Waals surface area contributed by atoms with Crippen LogP contribution in [0.2, 0.25) is 0 Å². The van der Waals surface area contributed by atoms with Crippen molar-refractivity contribution < 1.29 is 4.42 Å². The Morgan fingerprint density at radius 1 is 0.310 bits per heavy atom. The molecule has 3 heterocycles. The van der Waals surface area contributed by atoms with E-state index in [1.807, 2.05) is 34.8 Å². The van der Waals surface area contributed by atoms with Crippen LogP contribution in [0.5, 0.6) is 0 Å². The molecule has 0 radical (unpaired) electrons. The molecule has 2 nitrogen and oxygen atoms in total. The normalized spacial score (nSPS) is 11.8.